The summed E-state index contributed by atoms with van der Waals surface area (Å²) in [6.45, 7) is 0.796. The van der Waals surface area contributed by atoms with Gasteiger partial charge in [-0.15, -0.1) is 0 Å². The van der Waals surface area contributed by atoms with Crippen LogP contribution in [-0.2, 0) is 14.3 Å². The Kier molecular flexibility index (Phi) is 5.09. The van der Waals surface area contributed by atoms with E-state index in [4.69, 9.17) is 14.2 Å². The van der Waals surface area contributed by atoms with Crippen molar-refractivity contribution < 1.29 is 23.8 Å². The molecular weight excluding hydrogens is 374 g/mol. The monoisotopic (exact) mass is 393 g/mol. The van der Waals surface area contributed by atoms with Gasteiger partial charge in [0.25, 0.3) is 0 Å². The average Bonchev–Trinajstić information content (AvgIpc) is 3.03. The van der Waals surface area contributed by atoms with Crippen LogP contribution in [0.2, 0.25) is 0 Å². The Labute approximate surface area is 167 Å². The fourth-order valence-electron chi connectivity index (χ4n) is 3.54. The quantitative estimate of drug-likeness (QED) is 0.449. The smallest absolute Gasteiger partial charge is 0.247 e. The number of carbonyl (C=O) groups excluding carboxylic acids is 2. The molecule has 8 heteroatoms. The number of ether oxygens (including phenoxy) is 3. The lowest BCUT2D eigenvalue weighted by Gasteiger charge is -2.15. The number of para-hydroxylation sites is 1. The van der Waals surface area contributed by atoms with E-state index in [1.165, 1.54) is 13.4 Å². The molecule has 0 radical (unpaired) electrons. The van der Waals surface area contributed by atoms with Crippen LogP contribution in [0, 0.1) is 0 Å². The van der Waals surface area contributed by atoms with Crippen LogP contribution < -0.4 is 14.4 Å². The van der Waals surface area contributed by atoms with Crippen LogP contribution in [0.4, 0.5) is 5.69 Å². The van der Waals surface area contributed by atoms with Crippen LogP contribution in [0.25, 0.3) is 10.9 Å². The first-order valence-electron chi connectivity index (χ1n) is 9.01. The Balaban J connectivity index is 1.85. The highest BCUT2D eigenvalue weighted by atomic mass is 16.5. The molecule has 0 N–H and O–H groups in total. The van der Waals surface area contributed by atoms with Gasteiger partial charge in [0.05, 0.1) is 30.6 Å². The lowest BCUT2D eigenvalue weighted by molar-refractivity contribution is -0.121. The summed E-state index contributed by atoms with van der Waals surface area (Å²) in [4.78, 5) is 34.4. The first-order valence-corrected chi connectivity index (χ1v) is 9.01. The van der Waals surface area contributed by atoms with E-state index < -0.39 is 5.92 Å². The molecule has 0 saturated carbocycles. The molecule has 3 aromatic rings. The van der Waals surface area contributed by atoms with Gasteiger partial charge >= 0.3 is 0 Å². The van der Waals surface area contributed by atoms with Gasteiger partial charge in [-0.25, -0.2) is 9.97 Å². The first-order chi connectivity index (χ1) is 14.2. The maximum absolute atomic E-state index is 13.0. The predicted octanol–water partition coefficient (Wildman–Crippen LogP) is 2.30. The molecule has 1 aliphatic heterocycles. The summed E-state index contributed by atoms with van der Waals surface area (Å²) in [7, 11) is 3.14. The van der Waals surface area contributed by atoms with E-state index >= 15 is 0 Å². The highest BCUT2D eigenvalue weighted by Crippen LogP contribution is 2.42. The molecule has 29 heavy (non-hydrogen) atoms. The largest absolute Gasteiger partial charge is 0.493 e. The van der Waals surface area contributed by atoms with Crippen molar-refractivity contribution in [2.24, 2.45) is 0 Å². The molecule has 2 heterocycles. The minimum atomic E-state index is -0.702. The molecule has 1 aromatic heterocycles. The SMILES string of the molecule is COCCOc1cc2ncnc(C3C(=O)N(C=O)c4ccccc43)c2cc1OC. The molecule has 4 rings (SSSR count). The standard InChI is InChI=1S/C21H19N3O5/c1-27-7-8-29-18-10-15-14(9-17(18)28-2)20(23-11-22-15)19-13-5-3-4-6-16(13)24(12-25)21(19)26/h3-6,9-12,19H,7-8H2,1-2H3. The van der Waals surface area contributed by atoms with Gasteiger partial charge < -0.3 is 14.2 Å². The van der Waals surface area contributed by atoms with Gasteiger partial charge in [-0.2, -0.15) is 0 Å². The van der Waals surface area contributed by atoms with Crippen molar-refractivity contribution in [3.63, 3.8) is 0 Å². The Morgan fingerprint density at radius 2 is 1.93 bits per heavy atom. The number of benzene rings is 2. The fraction of sp³-hybridized carbons (Fsp3) is 0.238. The van der Waals surface area contributed by atoms with Gasteiger partial charge in [0.1, 0.15) is 18.9 Å². The average molecular weight is 393 g/mol. The number of fused-ring (bicyclic) bond motifs is 2. The molecule has 1 unspecified atom stereocenters. The molecule has 8 nitrogen and oxygen atoms in total. The number of anilines is 1. The van der Waals surface area contributed by atoms with Crippen molar-refractivity contribution in [2.45, 2.75) is 5.92 Å². The number of imide groups is 1. The lowest BCUT2D eigenvalue weighted by Crippen LogP contribution is -2.27. The number of carbonyl (C=O) groups is 2. The minimum absolute atomic E-state index is 0.347. The van der Waals surface area contributed by atoms with E-state index in [-0.39, 0.29) is 5.91 Å². The summed E-state index contributed by atoms with van der Waals surface area (Å²) in [5.74, 6) is -0.0301. The van der Waals surface area contributed by atoms with Gasteiger partial charge in [0.2, 0.25) is 12.3 Å². The number of aromatic nitrogens is 2. The molecule has 0 saturated heterocycles. The van der Waals surface area contributed by atoms with Crippen molar-refractivity contribution >= 4 is 28.9 Å². The molecule has 148 valence electrons. The molecule has 1 atom stereocenters. The highest BCUT2D eigenvalue weighted by molar-refractivity contribution is 6.17. The Hall–Kier alpha value is -3.52. The molecule has 0 fully saturated rings. The highest BCUT2D eigenvalue weighted by Gasteiger charge is 2.40. The molecule has 1 aliphatic rings. The summed E-state index contributed by atoms with van der Waals surface area (Å²) in [6.07, 6.45) is 1.94. The van der Waals surface area contributed by atoms with Crippen LogP contribution in [0.3, 0.4) is 0 Å². The number of hydrogen-bond acceptors (Lipinski definition) is 7. The van der Waals surface area contributed by atoms with Crippen molar-refractivity contribution in [2.75, 3.05) is 32.3 Å². The summed E-state index contributed by atoms with van der Waals surface area (Å²) in [6, 6.07) is 10.7. The van der Waals surface area contributed by atoms with Gasteiger partial charge in [-0.05, 0) is 17.7 Å². The minimum Gasteiger partial charge on any atom is -0.493 e. The second-order valence-corrected chi connectivity index (χ2v) is 6.43. The van der Waals surface area contributed by atoms with E-state index in [1.807, 2.05) is 12.1 Å². The third kappa shape index (κ3) is 3.17. The molecule has 2 aromatic carbocycles. The molecule has 0 bridgehead atoms. The molecule has 0 spiro atoms. The van der Waals surface area contributed by atoms with Gasteiger partial charge in [0.15, 0.2) is 11.5 Å². The Bertz CT molecular complexity index is 1090. The Morgan fingerprint density at radius 3 is 2.69 bits per heavy atom. The first kappa shape index (κ1) is 18.8. The van der Waals surface area contributed by atoms with E-state index in [2.05, 4.69) is 9.97 Å². The van der Waals surface area contributed by atoms with E-state index in [9.17, 15) is 9.59 Å². The van der Waals surface area contributed by atoms with Crippen molar-refractivity contribution in [3.05, 3.63) is 54.0 Å². The lowest BCUT2D eigenvalue weighted by atomic mass is 9.94. The summed E-state index contributed by atoms with van der Waals surface area (Å²) in [5.41, 5.74) is 2.41. The van der Waals surface area contributed by atoms with Crippen LogP contribution in [0.1, 0.15) is 17.2 Å². The second kappa shape index (κ2) is 7.84. The summed E-state index contributed by atoms with van der Waals surface area (Å²) < 4.78 is 16.2. The third-order valence-electron chi connectivity index (χ3n) is 4.87. The third-order valence-corrected chi connectivity index (χ3v) is 4.87. The number of hydrogen-bond donors (Lipinski definition) is 0. The van der Waals surface area contributed by atoms with E-state index in [1.54, 1.807) is 31.4 Å². The van der Waals surface area contributed by atoms with Crippen LogP contribution in [0.5, 0.6) is 11.5 Å². The summed E-state index contributed by atoms with van der Waals surface area (Å²) in [5, 5.41) is 0.657. The molecule has 2 amide bonds. The molecular formula is C21H19N3O5. The van der Waals surface area contributed by atoms with Gasteiger partial charge in [0, 0.05) is 18.6 Å². The predicted molar refractivity (Wildman–Crippen MR) is 105 cm³/mol. The zero-order chi connectivity index (χ0) is 20.4. The number of amides is 2. The van der Waals surface area contributed by atoms with Crippen molar-refractivity contribution in [3.8, 4) is 11.5 Å². The number of nitrogens with zero attached hydrogens (tertiary/aromatic N) is 3. The number of rotatable bonds is 7. The zero-order valence-electron chi connectivity index (χ0n) is 16.0. The second-order valence-electron chi connectivity index (χ2n) is 6.43. The van der Waals surface area contributed by atoms with Crippen LogP contribution in [-0.4, -0.2) is 49.7 Å². The molecule has 0 aliphatic carbocycles. The Morgan fingerprint density at radius 1 is 1.10 bits per heavy atom. The van der Waals surface area contributed by atoms with E-state index in [0.717, 1.165) is 10.5 Å². The normalized spacial score (nSPS) is 15.4. The number of methoxy groups -OCH3 is 2. The summed E-state index contributed by atoms with van der Waals surface area (Å²) >= 11 is 0. The maximum atomic E-state index is 13.0. The van der Waals surface area contributed by atoms with Crippen molar-refractivity contribution in [1.29, 1.82) is 0 Å². The van der Waals surface area contributed by atoms with Crippen LogP contribution >= 0.6 is 0 Å². The van der Waals surface area contributed by atoms with Gasteiger partial charge in [-0.3, -0.25) is 14.5 Å². The fourth-order valence-corrected chi connectivity index (χ4v) is 3.54. The zero-order valence-corrected chi connectivity index (χ0v) is 16.0. The topological polar surface area (TPSA) is 90.9 Å². The van der Waals surface area contributed by atoms with Crippen molar-refractivity contribution in [1.82, 2.24) is 9.97 Å². The van der Waals surface area contributed by atoms with Gasteiger partial charge in [-0.1, -0.05) is 18.2 Å². The van der Waals surface area contributed by atoms with E-state index in [0.29, 0.717) is 53.4 Å². The van der Waals surface area contributed by atoms with Crippen LogP contribution in [0.15, 0.2) is 42.7 Å². The maximum Gasteiger partial charge on any atom is 0.247 e.